The van der Waals surface area contributed by atoms with Gasteiger partial charge in [0.1, 0.15) is 24.1 Å². The number of hydrogen-bond acceptors (Lipinski definition) is 5. The lowest BCUT2D eigenvalue weighted by Crippen LogP contribution is -2.56. The Morgan fingerprint density at radius 1 is 0.545 bits per heavy atom. The van der Waals surface area contributed by atoms with E-state index in [2.05, 4.69) is 61.2 Å². The number of unbranched alkanes of at least 4 members (excludes halogenated alkanes) is 1. The molecule has 1 saturated heterocycles. The maximum absolute atomic E-state index is 6.76. The summed E-state index contributed by atoms with van der Waals surface area (Å²) in [4.78, 5) is 0. The fraction of sp³-hybridized carbons (Fsp3) is 0.282. The second-order valence-electron chi connectivity index (χ2n) is 10.9. The van der Waals surface area contributed by atoms with Crippen LogP contribution >= 0.6 is 0 Å². The van der Waals surface area contributed by atoms with E-state index in [-0.39, 0.29) is 0 Å². The SMILES string of the molecule is C=CCC/C=C1/O[C@H](COCc2ccccc2)[C@@H](OCc2ccccc2)[C@H](OCc2ccccc2)[C@H]1OCc1ccccc1. The molecule has 1 fully saturated rings. The van der Waals surface area contributed by atoms with Crippen molar-refractivity contribution in [1.29, 1.82) is 0 Å². The molecule has 4 aromatic rings. The molecule has 0 N–H and O–H groups in total. The van der Waals surface area contributed by atoms with Crippen LogP contribution in [-0.4, -0.2) is 31.0 Å². The van der Waals surface area contributed by atoms with Crippen LogP contribution in [0.3, 0.4) is 0 Å². The first kappa shape index (κ1) is 31.4. The Morgan fingerprint density at radius 2 is 1.00 bits per heavy atom. The summed E-state index contributed by atoms with van der Waals surface area (Å²) in [6, 6.07) is 40.7. The minimum Gasteiger partial charge on any atom is -0.487 e. The Morgan fingerprint density at radius 3 is 1.50 bits per heavy atom. The van der Waals surface area contributed by atoms with Gasteiger partial charge in [-0.2, -0.15) is 0 Å². The van der Waals surface area contributed by atoms with Crippen molar-refractivity contribution in [2.45, 2.75) is 63.7 Å². The molecule has 0 amide bonds. The van der Waals surface area contributed by atoms with Crippen LogP contribution < -0.4 is 0 Å². The van der Waals surface area contributed by atoms with Gasteiger partial charge in [-0.15, -0.1) is 6.58 Å². The highest BCUT2D eigenvalue weighted by atomic mass is 16.6. The van der Waals surface area contributed by atoms with Crippen molar-refractivity contribution in [3.63, 3.8) is 0 Å². The van der Waals surface area contributed by atoms with Gasteiger partial charge in [-0.05, 0) is 41.2 Å². The van der Waals surface area contributed by atoms with Crippen molar-refractivity contribution >= 4 is 0 Å². The zero-order valence-corrected chi connectivity index (χ0v) is 25.2. The van der Waals surface area contributed by atoms with Crippen LogP contribution in [0.25, 0.3) is 0 Å². The summed E-state index contributed by atoms with van der Waals surface area (Å²) >= 11 is 0. The van der Waals surface area contributed by atoms with Crippen LogP contribution in [0.5, 0.6) is 0 Å². The molecular formula is C39H42O5. The molecule has 5 nitrogen and oxygen atoms in total. The van der Waals surface area contributed by atoms with Crippen molar-refractivity contribution in [2.24, 2.45) is 0 Å². The summed E-state index contributed by atoms with van der Waals surface area (Å²) in [5.74, 6) is 0.744. The summed E-state index contributed by atoms with van der Waals surface area (Å²) in [6.07, 6.45) is 3.84. The highest BCUT2D eigenvalue weighted by molar-refractivity contribution is 5.18. The summed E-state index contributed by atoms with van der Waals surface area (Å²) in [6.45, 7) is 5.96. The molecule has 5 rings (SSSR count). The lowest BCUT2D eigenvalue weighted by atomic mass is 9.96. The highest BCUT2D eigenvalue weighted by Crippen LogP contribution is 2.33. The predicted octanol–water partition coefficient (Wildman–Crippen LogP) is 8.21. The maximum atomic E-state index is 6.76. The van der Waals surface area contributed by atoms with Crippen molar-refractivity contribution < 1.29 is 23.7 Å². The first-order valence-corrected chi connectivity index (χ1v) is 15.4. The maximum Gasteiger partial charge on any atom is 0.150 e. The van der Waals surface area contributed by atoms with Gasteiger partial charge in [-0.3, -0.25) is 0 Å². The van der Waals surface area contributed by atoms with Gasteiger partial charge in [0, 0.05) is 0 Å². The fourth-order valence-electron chi connectivity index (χ4n) is 5.21. The first-order chi connectivity index (χ1) is 21.8. The average molecular weight is 591 g/mol. The minimum atomic E-state index is -0.477. The predicted molar refractivity (Wildman–Crippen MR) is 174 cm³/mol. The normalized spacial score (nSPS) is 20.7. The molecule has 0 unspecified atom stereocenters. The number of allylic oxidation sites excluding steroid dienone is 2. The van der Waals surface area contributed by atoms with E-state index in [1.165, 1.54) is 0 Å². The third kappa shape index (κ3) is 9.50. The number of benzene rings is 4. The van der Waals surface area contributed by atoms with Gasteiger partial charge in [0.25, 0.3) is 0 Å². The Labute approximate surface area is 261 Å². The number of hydrogen-bond donors (Lipinski definition) is 0. The highest BCUT2D eigenvalue weighted by Gasteiger charge is 2.46. The molecular weight excluding hydrogens is 548 g/mol. The Bertz CT molecular complexity index is 1390. The van der Waals surface area contributed by atoms with E-state index in [4.69, 9.17) is 23.7 Å². The summed E-state index contributed by atoms with van der Waals surface area (Å²) in [7, 11) is 0. The topological polar surface area (TPSA) is 46.2 Å². The molecule has 1 aliphatic heterocycles. The fourth-order valence-corrected chi connectivity index (χ4v) is 5.21. The lowest BCUT2D eigenvalue weighted by Gasteiger charge is -2.43. The van der Waals surface area contributed by atoms with Gasteiger partial charge in [0.05, 0.1) is 33.0 Å². The lowest BCUT2D eigenvalue weighted by molar-refractivity contribution is -0.223. The summed E-state index contributed by atoms with van der Waals surface area (Å²) in [5.41, 5.74) is 4.34. The summed E-state index contributed by atoms with van der Waals surface area (Å²) < 4.78 is 33.1. The van der Waals surface area contributed by atoms with E-state index in [1.54, 1.807) is 0 Å². The molecule has 1 aliphatic rings. The first-order valence-electron chi connectivity index (χ1n) is 15.4. The monoisotopic (exact) mass is 590 g/mol. The second kappa shape index (κ2) is 17.3. The molecule has 0 aromatic heterocycles. The van der Waals surface area contributed by atoms with Crippen LogP contribution in [0.2, 0.25) is 0 Å². The van der Waals surface area contributed by atoms with Gasteiger partial charge >= 0.3 is 0 Å². The molecule has 0 aliphatic carbocycles. The van der Waals surface area contributed by atoms with Crippen molar-refractivity contribution in [3.05, 3.63) is 168 Å². The second-order valence-corrected chi connectivity index (χ2v) is 10.9. The van der Waals surface area contributed by atoms with Crippen LogP contribution in [0.15, 0.2) is 146 Å². The minimum absolute atomic E-state index is 0.337. The standard InChI is InChI=1S/C39H42O5/c1-2-3-8-25-35-37(41-27-32-19-11-5-12-20-32)39(43-29-34-23-15-7-16-24-34)38(42-28-33-21-13-6-14-22-33)36(44-35)30-40-26-31-17-9-4-10-18-31/h2,4-7,9-25,36-39H,1,3,8,26-30H2/b35-25+/t36-,37+,38-,39-/m1/s1. The van der Waals surface area contributed by atoms with E-state index in [0.29, 0.717) is 33.0 Å². The smallest absolute Gasteiger partial charge is 0.150 e. The molecule has 0 spiro atoms. The van der Waals surface area contributed by atoms with Crippen LogP contribution in [0, 0.1) is 0 Å². The Balaban J connectivity index is 1.44. The van der Waals surface area contributed by atoms with Gasteiger partial charge in [0.2, 0.25) is 0 Å². The third-order valence-corrected chi connectivity index (χ3v) is 7.51. The summed E-state index contributed by atoms with van der Waals surface area (Å²) in [5, 5.41) is 0. The van der Waals surface area contributed by atoms with Crippen LogP contribution in [0.1, 0.15) is 35.1 Å². The van der Waals surface area contributed by atoms with Crippen LogP contribution in [-0.2, 0) is 50.1 Å². The molecule has 1 heterocycles. The molecule has 4 atom stereocenters. The van der Waals surface area contributed by atoms with Crippen molar-refractivity contribution in [1.82, 2.24) is 0 Å². The van der Waals surface area contributed by atoms with Crippen LogP contribution in [0.4, 0.5) is 0 Å². The van der Waals surface area contributed by atoms with Crippen molar-refractivity contribution in [3.8, 4) is 0 Å². The Hall–Kier alpha value is -4.00. The van der Waals surface area contributed by atoms with E-state index in [9.17, 15) is 0 Å². The van der Waals surface area contributed by atoms with Gasteiger partial charge < -0.3 is 23.7 Å². The van der Waals surface area contributed by atoms with E-state index in [1.807, 2.05) is 78.9 Å². The van der Waals surface area contributed by atoms with E-state index < -0.39 is 24.4 Å². The zero-order chi connectivity index (χ0) is 30.2. The molecule has 4 aromatic carbocycles. The van der Waals surface area contributed by atoms with E-state index >= 15 is 0 Å². The third-order valence-electron chi connectivity index (χ3n) is 7.51. The van der Waals surface area contributed by atoms with Gasteiger partial charge in [0.15, 0.2) is 6.10 Å². The van der Waals surface area contributed by atoms with Gasteiger partial charge in [-0.1, -0.05) is 127 Å². The molecule has 0 saturated carbocycles. The van der Waals surface area contributed by atoms with E-state index in [0.717, 1.165) is 40.9 Å². The van der Waals surface area contributed by atoms with Gasteiger partial charge in [-0.25, -0.2) is 0 Å². The largest absolute Gasteiger partial charge is 0.487 e. The molecule has 0 radical (unpaired) electrons. The number of rotatable bonds is 16. The number of ether oxygens (including phenoxy) is 5. The Kier molecular flexibility index (Phi) is 12.4. The van der Waals surface area contributed by atoms with Crippen molar-refractivity contribution in [2.75, 3.05) is 6.61 Å². The molecule has 0 bridgehead atoms. The quantitative estimate of drug-likeness (QED) is 0.0972. The molecule has 5 heteroatoms. The average Bonchev–Trinajstić information content (AvgIpc) is 3.08. The molecule has 228 valence electrons. The zero-order valence-electron chi connectivity index (χ0n) is 25.2. The molecule has 44 heavy (non-hydrogen) atoms.